The zero-order chi connectivity index (χ0) is 46.1. The Hall–Kier alpha value is -7.88. The van der Waals surface area contributed by atoms with Crippen molar-refractivity contribution < 1.29 is 0 Å². The standard InChI is InChI=1S/C61H37B5N2/c62-56-55(57(63)59(65)60(66)58(56)64)39-28-30-42(31-29-39)68(54-27-15-12-22-45(54)38-16-4-1-5-17-38)44-33-35-49-47-24-11-14-26-51(47)61(53(49)37-44)50-25-13-10-23-46(50)48-34-32-43(36-52(48)61)67(40-18-6-2-7-19-40)41-20-8-3-9-21-41/h1-37H. The summed E-state index contributed by atoms with van der Waals surface area (Å²) in [6.07, 6.45) is 0. The van der Waals surface area contributed by atoms with Gasteiger partial charge < -0.3 is 9.80 Å². The normalized spacial score (nSPS) is 13.9. The van der Waals surface area contributed by atoms with Crippen LogP contribution in [0.25, 0.3) is 44.5 Å². The van der Waals surface area contributed by atoms with Gasteiger partial charge in [-0.3, -0.25) is 0 Å². The van der Waals surface area contributed by atoms with Crippen molar-refractivity contribution in [1.29, 1.82) is 0 Å². The molecule has 1 atom stereocenters. The van der Waals surface area contributed by atoms with Crippen LogP contribution in [0.5, 0.6) is 0 Å². The van der Waals surface area contributed by atoms with E-state index in [4.69, 9.17) is 39.2 Å². The number of hydrogen-bond donors (Lipinski definition) is 0. The van der Waals surface area contributed by atoms with Crippen molar-refractivity contribution in [1.82, 2.24) is 0 Å². The molecule has 10 aromatic carbocycles. The predicted octanol–water partition coefficient (Wildman–Crippen LogP) is 10.3. The fourth-order valence-corrected chi connectivity index (χ4v) is 10.9. The fraction of sp³-hybridized carbons (Fsp3) is 0.0164. The molecule has 0 aliphatic heterocycles. The molecule has 0 heterocycles. The van der Waals surface area contributed by atoms with Crippen LogP contribution in [-0.4, -0.2) is 39.2 Å². The largest absolute Gasteiger partial charge is 0.310 e. The quantitative estimate of drug-likeness (QED) is 0.141. The molecular weight excluding hydrogens is 815 g/mol. The molecule has 0 N–H and O–H groups in total. The van der Waals surface area contributed by atoms with Crippen molar-refractivity contribution in [3.8, 4) is 44.5 Å². The van der Waals surface area contributed by atoms with Crippen molar-refractivity contribution >= 4 is 101 Å². The molecule has 0 saturated carbocycles. The first-order valence-electron chi connectivity index (χ1n) is 22.8. The second-order valence-electron chi connectivity index (χ2n) is 17.5. The van der Waals surface area contributed by atoms with Crippen LogP contribution >= 0.6 is 0 Å². The Bertz CT molecular complexity index is 3500. The smallest absolute Gasteiger partial charge is 0.113 e. The summed E-state index contributed by atoms with van der Waals surface area (Å²) >= 11 is 0. The van der Waals surface area contributed by atoms with Crippen LogP contribution in [0.4, 0.5) is 34.1 Å². The number of anilines is 6. The lowest BCUT2D eigenvalue weighted by Gasteiger charge is -2.33. The van der Waals surface area contributed by atoms with E-state index < -0.39 is 5.41 Å². The molecule has 2 nitrogen and oxygen atoms in total. The zero-order valence-electron chi connectivity index (χ0n) is 37.1. The maximum absolute atomic E-state index is 6.59. The highest BCUT2D eigenvalue weighted by atomic mass is 15.1. The average molecular weight is 852 g/mol. The van der Waals surface area contributed by atoms with E-state index in [0.29, 0.717) is 16.5 Å². The van der Waals surface area contributed by atoms with Gasteiger partial charge in [0.05, 0.1) is 11.1 Å². The number of rotatable bonds is 8. The molecule has 12 rings (SSSR count). The van der Waals surface area contributed by atoms with Crippen LogP contribution in [0, 0.1) is 0 Å². The van der Waals surface area contributed by atoms with E-state index in [-0.39, 0.29) is 16.4 Å². The first-order valence-corrected chi connectivity index (χ1v) is 22.8. The van der Waals surface area contributed by atoms with Gasteiger partial charge in [-0.25, -0.2) is 0 Å². The SMILES string of the molecule is [B]c1c([B])c([B])c(-c2ccc(N(c3ccc4c(c3)C3(c5ccccc5-c5ccc(N(c6ccccc6)c6ccccc6)cc53)c3ccccc3-4)c3ccccc3-c3ccccc3)cc2)c([B])c1[B]. The summed E-state index contributed by atoms with van der Waals surface area (Å²) in [5.74, 6) is 0. The van der Waals surface area contributed by atoms with Crippen LogP contribution < -0.4 is 37.1 Å². The van der Waals surface area contributed by atoms with E-state index in [1.165, 1.54) is 44.5 Å². The Morgan fingerprint density at radius 2 is 0.647 bits per heavy atom. The molecule has 1 unspecified atom stereocenters. The molecule has 0 saturated heterocycles. The van der Waals surface area contributed by atoms with Gasteiger partial charge in [0, 0.05) is 34.0 Å². The molecule has 0 amide bonds. The van der Waals surface area contributed by atoms with Crippen molar-refractivity contribution in [3.63, 3.8) is 0 Å². The Morgan fingerprint density at radius 1 is 0.265 bits per heavy atom. The van der Waals surface area contributed by atoms with E-state index in [1.54, 1.807) is 0 Å². The molecule has 10 aromatic rings. The summed E-state index contributed by atoms with van der Waals surface area (Å²) in [5, 5.41) is 0. The lowest BCUT2D eigenvalue weighted by molar-refractivity contribution is 0.793. The monoisotopic (exact) mass is 852 g/mol. The lowest BCUT2D eigenvalue weighted by atomic mass is 9.60. The molecule has 306 valence electrons. The van der Waals surface area contributed by atoms with E-state index in [1.807, 2.05) is 12.1 Å². The first-order chi connectivity index (χ1) is 33.3. The highest BCUT2D eigenvalue weighted by Gasteiger charge is 2.52. The first kappa shape index (κ1) is 41.5. The van der Waals surface area contributed by atoms with Gasteiger partial charge in [-0.15, -0.1) is 16.4 Å². The maximum Gasteiger partial charge on any atom is 0.113 e. The third-order valence-corrected chi connectivity index (χ3v) is 13.9. The molecule has 68 heavy (non-hydrogen) atoms. The summed E-state index contributed by atoms with van der Waals surface area (Å²) in [7, 11) is 32.1. The van der Waals surface area contributed by atoms with Crippen molar-refractivity contribution in [2.24, 2.45) is 0 Å². The number of hydrogen-bond acceptors (Lipinski definition) is 2. The fourth-order valence-electron chi connectivity index (χ4n) is 10.9. The highest BCUT2D eigenvalue weighted by molar-refractivity contribution is 6.68. The van der Waals surface area contributed by atoms with E-state index in [0.717, 1.165) is 50.8 Å². The number of fused-ring (bicyclic) bond motifs is 10. The van der Waals surface area contributed by atoms with Gasteiger partial charge >= 0.3 is 0 Å². The van der Waals surface area contributed by atoms with Crippen molar-refractivity contribution in [2.75, 3.05) is 9.80 Å². The minimum absolute atomic E-state index is 0.189. The number of benzene rings is 10. The highest BCUT2D eigenvalue weighted by Crippen LogP contribution is 2.64. The van der Waals surface area contributed by atoms with Gasteiger partial charge in [-0.05, 0) is 128 Å². The van der Waals surface area contributed by atoms with E-state index >= 15 is 0 Å². The van der Waals surface area contributed by atoms with Crippen LogP contribution in [0.3, 0.4) is 0 Å². The minimum atomic E-state index is -0.637. The Morgan fingerprint density at radius 3 is 1.18 bits per heavy atom. The van der Waals surface area contributed by atoms with Gasteiger partial charge in [-0.1, -0.05) is 169 Å². The minimum Gasteiger partial charge on any atom is -0.310 e. The molecule has 7 heteroatoms. The third kappa shape index (κ3) is 6.33. The summed E-state index contributed by atoms with van der Waals surface area (Å²) in [6, 6.07) is 80.6. The molecular formula is C61H37B5N2. The molecule has 0 aromatic heterocycles. The third-order valence-electron chi connectivity index (χ3n) is 13.9. The van der Waals surface area contributed by atoms with Gasteiger partial charge in [0.25, 0.3) is 0 Å². The zero-order valence-corrected chi connectivity index (χ0v) is 37.1. The second kappa shape index (κ2) is 16.5. The Kier molecular flexibility index (Phi) is 10.1. The molecule has 10 radical (unpaired) electrons. The van der Waals surface area contributed by atoms with Crippen molar-refractivity contribution in [3.05, 3.63) is 247 Å². The van der Waals surface area contributed by atoms with Gasteiger partial charge in [0.2, 0.25) is 0 Å². The molecule has 1 spiro atoms. The second-order valence-corrected chi connectivity index (χ2v) is 17.5. The summed E-state index contributed by atoms with van der Waals surface area (Å²) in [4.78, 5) is 4.71. The lowest BCUT2D eigenvalue weighted by Crippen LogP contribution is -2.55. The number of nitrogens with zero attached hydrogens (tertiary/aromatic N) is 2. The van der Waals surface area contributed by atoms with Crippen LogP contribution in [-0.2, 0) is 5.41 Å². The van der Waals surface area contributed by atoms with E-state index in [2.05, 4.69) is 222 Å². The molecule has 2 aliphatic carbocycles. The number of para-hydroxylation sites is 3. The Labute approximate surface area is 405 Å². The molecule has 0 bridgehead atoms. The summed E-state index contributed by atoms with van der Waals surface area (Å²) < 4.78 is 0. The van der Waals surface area contributed by atoms with Gasteiger partial charge in [0.1, 0.15) is 39.2 Å². The van der Waals surface area contributed by atoms with Crippen LogP contribution in [0.2, 0.25) is 0 Å². The van der Waals surface area contributed by atoms with Gasteiger partial charge in [0.15, 0.2) is 0 Å². The van der Waals surface area contributed by atoms with Crippen LogP contribution in [0.15, 0.2) is 224 Å². The maximum atomic E-state index is 6.59. The summed E-state index contributed by atoms with van der Waals surface area (Å²) in [5.41, 5.74) is 20.2. The van der Waals surface area contributed by atoms with E-state index in [9.17, 15) is 0 Å². The molecule has 0 fully saturated rings. The predicted molar refractivity (Wildman–Crippen MR) is 290 cm³/mol. The topological polar surface area (TPSA) is 6.48 Å². The van der Waals surface area contributed by atoms with Gasteiger partial charge in [-0.2, -0.15) is 0 Å². The average Bonchev–Trinajstić information content (AvgIpc) is 3.86. The molecule has 2 aliphatic rings. The summed E-state index contributed by atoms with van der Waals surface area (Å²) in [6.45, 7) is 0. The van der Waals surface area contributed by atoms with Crippen LogP contribution in [0.1, 0.15) is 22.3 Å². The Balaban J connectivity index is 1.10. The van der Waals surface area contributed by atoms with Crippen molar-refractivity contribution in [2.45, 2.75) is 5.41 Å².